The van der Waals surface area contributed by atoms with Crippen molar-refractivity contribution >= 4 is 15.9 Å². The molecule has 176 valence electrons. The normalized spacial score (nSPS) is 11.7. The summed E-state index contributed by atoms with van der Waals surface area (Å²) in [5.41, 5.74) is 0.159. The van der Waals surface area contributed by atoms with Crippen LogP contribution in [0.15, 0.2) is 47.4 Å². The molecule has 8 nitrogen and oxygen atoms in total. The number of ether oxygens (including phenoxy) is 3. The highest BCUT2D eigenvalue weighted by atomic mass is 32.2. The highest BCUT2D eigenvalue weighted by molar-refractivity contribution is 7.89. The van der Waals surface area contributed by atoms with Crippen LogP contribution in [-0.4, -0.2) is 53.4 Å². The SMILES string of the molecule is COc1ccc(S(=O)(=O)NCCC(=O)N(C)Cc2ccccc2OC(F)(F)F)cc1OC. The molecule has 0 spiro atoms. The highest BCUT2D eigenvalue weighted by Crippen LogP contribution is 2.29. The van der Waals surface area contributed by atoms with Gasteiger partial charge in [0, 0.05) is 38.2 Å². The number of hydrogen-bond acceptors (Lipinski definition) is 6. The molecule has 2 aromatic rings. The van der Waals surface area contributed by atoms with E-state index in [0.717, 1.165) is 6.07 Å². The first-order valence-electron chi connectivity index (χ1n) is 9.26. The predicted octanol–water partition coefficient (Wildman–Crippen LogP) is 2.93. The van der Waals surface area contributed by atoms with Crippen molar-refractivity contribution in [2.24, 2.45) is 0 Å². The fraction of sp³-hybridized carbons (Fsp3) is 0.350. The Morgan fingerprint density at radius 1 is 1.03 bits per heavy atom. The molecule has 0 radical (unpaired) electrons. The van der Waals surface area contributed by atoms with E-state index in [4.69, 9.17) is 9.47 Å². The number of hydrogen-bond donors (Lipinski definition) is 1. The van der Waals surface area contributed by atoms with Gasteiger partial charge in [0.15, 0.2) is 11.5 Å². The van der Waals surface area contributed by atoms with Crippen LogP contribution in [0.3, 0.4) is 0 Å². The number of para-hydroxylation sites is 1. The van der Waals surface area contributed by atoms with Crippen molar-refractivity contribution in [2.45, 2.75) is 24.2 Å². The topological polar surface area (TPSA) is 94.2 Å². The minimum absolute atomic E-state index is 0.0748. The van der Waals surface area contributed by atoms with Crippen LogP contribution in [0.5, 0.6) is 17.2 Å². The average Bonchev–Trinajstić information content (AvgIpc) is 2.73. The summed E-state index contributed by atoms with van der Waals surface area (Å²) in [6.07, 6.45) is -5.06. The molecule has 0 heterocycles. The molecule has 0 aliphatic heterocycles. The van der Waals surface area contributed by atoms with E-state index in [9.17, 15) is 26.4 Å². The van der Waals surface area contributed by atoms with Gasteiger partial charge in [-0.1, -0.05) is 18.2 Å². The molecule has 0 aliphatic carbocycles. The lowest BCUT2D eigenvalue weighted by molar-refractivity contribution is -0.275. The molecule has 0 saturated carbocycles. The molecule has 1 amide bonds. The highest BCUT2D eigenvalue weighted by Gasteiger charge is 2.32. The van der Waals surface area contributed by atoms with Gasteiger partial charge in [0.2, 0.25) is 15.9 Å². The Hall–Kier alpha value is -2.99. The van der Waals surface area contributed by atoms with Crippen molar-refractivity contribution in [1.82, 2.24) is 9.62 Å². The van der Waals surface area contributed by atoms with Crippen molar-refractivity contribution in [1.29, 1.82) is 0 Å². The average molecular weight is 476 g/mol. The van der Waals surface area contributed by atoms with Crippen molar-refractivity contribution in [3.63, 3.8) is 0 Å². The molecule has 0 unspecified atom stereocenters. The van der Waals surface area contributed by atoms with Crippen molar-refractivity contribution in [2.75, 3.05) is 27.8 Å². The molecule has 2 rings (SSSR count). The fourth-order valence-corrected chi connectivity index (χ4v) is 3.80. The van der Waals surface area contributed by atoms with Crippen LogP contribution in [0.2, 0.25) is 0 Å². The van der Waals surface area contributed by atoms with E-state index in [-0.39, 0.29) is 35.7 Å². The number of amides is 1. The molecular formula is C20H23F3N2O6S. The van der Waals surface area contributed by atoms with E-state index in [1.165, 1.54) is 62.6 Å². The fourth-order valence-electron chi connectivity index (χ4n) is 2.75. The summed E-state index contributed by atoms with van der Waals surface area (Å²) in [6.45, 7) is -0.353. The lowest BCUT2D eigenvalue weighted by Gasteiger charge is -2.20. The van der Waals surface area contributed by atoms with Gasteiger partial charge in [-0.25, -0.2) is 13.1 Å². The number of nitrogens with one attached hydrogen (secondary N) is 1. The Balaban J connectivity index is 1.97. The molecule has 0 aliphatic rings. The zero-order valence-electron chi connectivity index (χ0n) is 17.6. The Bertz CT molecular complexity index is 1040. The Morgan fingerprint density at radius 2 is 1.69 bits per heavy atom. The maximum Gasteiger partial charge on any atom is 0.573 e. The van der Waals surface area contributed by atoms with E-state index in [1.807, 2.05) is 0 Å². The third-order valence-corrected chi connectivity index (χ3v) is 5.79. The van der Waals surface area contributed by atoms with E-state index in [0.29, 0.717) is 5.75 Å². The lowest BCUT2D eigenvalue weighted by Crippen LogP contribution is -2.32. The molecule has 0 fully saturated rings. The van der Waals surface area contributed by atoms with Gasteiger partial charge in [-0.05, 0) is 18.2 Å². The maximum absolute atomic E-state index is 12.5. The van der Waals surface area contributed by atoms with Crippen LogP contribution in [-0.2, 0) is 21.4 Å². The number of carbonyl (C=O) groups excluding carboxylic acids is 1. The van der Waals surface area contributed by atoms with Gasteiger partial charge in [0.1, 0.15) is 5.75 Å². The van der Waals surface area contributed by atoms with Crippen LogP contribution in [0.4, 0.5) is 13.2 Å². The van der Waals surface area contributed by atoms with Crippen LogP contribution in [0.25, 0.3) is 0 Å². The van der Waals surface area contributed by atoms with E-state index < -0.39 is 28.0 Å². The second kappa shape index (κ2) is 10.6. The minimum atomic E-state index is -4.86. The summed E-state index contributed by atoms with van der Waals surface area (Å²) >= 11 is 0. The molecule has 0 atom stereocenters. The first-order valence-corrected chi connectivity index (χ1v) is 10.7. The van der Waals surface area contributed by atoms with Crippen molar-refractivity contribution < 1.29 is 40.6 Å². The Labute approximate surface area is 183 Å². The summed E-state index contributed by atoms with van der Waals surface area (Å²) in [5, 5.41) is 0. The van der Waals surface area contributed by atoms with Crippen molar-refractivity contribution in [3.8, 4) is 17.2 Å². The largest absolute Gasteiger partial charge is 0.573 e. The molecule has 2 aromatic carbocycles. The van der Waals surface area contributed by atoms with Crippen molar-refractivity contribution in [3.05, 3.63) is 48.0 Å². The van der Waals surface area contributed by atoms with Gasteiger partial charge in [0.05, 0.1) is 19.1 Å². The zero-order valence-corrected chi connectivity index (χ0v) is 18.4. The molecular weight excluding hydrogens is 453 g/mol. The number of nitrogens with zero attached hydrogens (tertiary/aromatic N) is 1. The van der Waals surface area contributed by atoms with Gasteiger partial charge in [-0.15, -0.1) is 13.2 Å². The summed E-state index contributed by atoms with van der Waals surface area (Å²) in [4.78, 5) is 13.5. The standard InChI is InChI=1S/C20H23F3N2O6S/c1-25(13-14-6-4-5-7-16(14)31-20(21,22)23)19(26)10-11-24-32(27,28)15-8-9-17(29-2)18(12-15)30-3/h4-9,12,24H,10-11,13H2,1-3H3. The van der Waals surface area contributed by atoms with Gasteiger partial charge < -0.3 is 19.1 Å². The molecule has 0 saturated heterocycles. The smallest absolute Gasteiger partial charge is 0.493 e. The lowest BCUT2D eigenvalue weighted by atomic mass is 10.2. The number of methoxy groups -OCH3 is 2. The summed E-state index contributed by atoms with van der Waals surface area (Å²) < 4.78 is 79.0. The Kier molecular flexibility index (Phi) is 8.33. The van der Waals surface area contributed by atoms with E-state index in [2.05, 4.69) is 9.46 Å². The zero-order chi connectivity index (χ0) is 23.9. The first-order chi connectivity index (χ1) is 15.0. The summed E-state index contributed by atoms with van der Waals surface area (Å²) in [7, 11) is 0.258. The monoisotopic (exact) mass is 476 g/mol. The van der Waals surface area contributed by atoms with Gasteiger partial charge in [-0.3, -0.25) is 4.79 Å². The summed E-state index contributed by atoms with van der Waals surface area (Å²) in [6, 6.07) is 9.52. The van der Waals surface area contributed by atoms with Gasteiger partial charge >= 0.3 is 6.36 Å². The predicted molar refractivity (Wildman–Crippen MR) is 109 cm³/mol. The van der Waals surface area contributed by atoms with Crippen LogP contribution < -0.4 is 18.9 Å². The number of alkyl halides is 3. The quantitative estimate of drug-likeness (QED) is 0.567. The maximum atomic E-state index is 12.5. The minimum Gasteiger partial charge on any atom is -0.493 e. The van der Waals surface area contributed by atoms with Crippen LogP contribution in [0.1, 0.15) is 12.0 Å². The van der Waals surface area contributed by atoms with Gasteiger partial charge in [-0.2, -0.15) is 0 Å². The number of rotatable bonds is 10. The number of halogens is 3. The number of carbonyl (C=O) groups is 1. The second-order valence-electron chi connectivity index (χ2n) is 6.57. The molecule has 32 heavy (non-hydrogen) atoms. The van der Waals surface area contributed by atoms with Crippen LogP contribution >= 0.6 is 0 Å². The van der Waals surface area contributed by atoms with Crippen LogP contribution in [0, 0.1) is 0 Å². The molecule has 0 aromatic heterocycles. The van der Waals surface area contributed by atoms with E-state index in [1.54, 1.807) is 0 Å². The molecule has 12 heteroatoms. The second-order valence-corrected chi connectivity index (χ2v) is 8.34. The third-order valence-electron chi connectivity index (χ3n) is 4.33. The summed E-state index contributed by atoms with van der Waals surface area (Å²) in [5.74, 6) is -0.292. The molecule has 1 N–H and O–H groups in total. The number of sulfonamides is 1. The molecule has 0 bridgehead atoms. The number of benzene rings is 2. The first kappa shape index (κ1) is 25.3. The Morgan fingerprint density at radius 3 is 2.31 bits per heavy atom. The van der Waals surface area contributed by atoms with E-state index >= 15 is 0 Å². The van der Waals surface area contributed by atoms with Gasteiger partial charge in [0.25, 0.3) is 0 Å². The third kappa shape index (κ3) is 7.02.